The number of esters is 1. The second-order valence-corrected chi connectivity index (χ2v) is 6.45. The standard InChI is InChI=1S/C23H16N2O5/c26-23-20(24-22(30-23)17-6-2-1-3-7-17)14-18-8-4-5-9-21(18)29-15-16-10-12-19(13-11-16)25(27)28/h1-14H,15H2/b20-14-. The molecule has 1 heterocycles. The highest BCUT2D eigenvalue weighted by molar-refractivity contribution is 6.12. The van der Waals surface area contributed by atoms with E-state index in [1.54, 1.807) is 24.3 Å². The van der Waals surface area contributed by atoms with E-state index in [1.165, 1.54) is 12.1 Å². The molecule has 0 N–H and O–H groups in total. The average molecular weight is 400 g/mol. The number of para-hydroxylation sites is 1. The second kappa shape index (κ2) is 8.40. The summed E-state index contributed by atoms with van der Waals surface area (Å²) < 4.78 is 11.1. The van der Waals surface area contributed by atoms with Crippen molar-refractivity contribution in [2.45, 2.75) is 6.61 Å². The number of benzene rings is 3. The molecule has 0 spiro atoms. The molecule has 3 aromatic carbocycles. The number of nitrogens with zero attached hydrogens (tertiary/aromatic N) is 2. The summed E-state index contributed by atoms with van der Waals surface area (Å²) in [7, 11) is 0. The molecular weight excluding hydrogens is 384 g/mol. The lowest BCUT2D eigenvalue weighted by Crippen LogP contribution is -2.05. The summed E-state index contributed by atoms with van der Waals surface area (Å²) in [5.41, 5.74) is 2.38. The summed E-state index contributed by atoms with van der Waals surface area (Å²) in [5.74, 6) is 0.287. The Morgan fingerprint density at radius 1 is 0.967 bits per heavy atom. The van der Waals surface area contributed by atoms with Crippen LogP contribution in [0.25, 0.3) is 6.08 Å². The third-order valence-electron chi connectivity index (χ3n) is 4.39. The van der Waals surface area contributed by atoms with Crippen LogP contribution in [-0.2, 0) is 16.1 Å². The first-order valence-corrected chi connectivity index (χ1v) is 9.13. The van der Waals surface area contributed by atoms with Crippen LogP contribution in [0.3, 0.4) is 0 Å². The molecule has 148 valence electrons. The van der Waals surface area contributed by atoms with Gasteiger partial charge in [0.25, 0.3) is 5.69 Å². The highest BCUT2D eigenvalue weighted by Gasteiger charge is 2.24. The maximum atomic E-state index is 12.2. The van der Waals surface area contributed by atoms with Crippen molar-refractivity contribution in [3.05, 3.63) is 111 Å². The van der Waals surface area contributed by atoms with Crippen LogP contribution in [0.2, 0.25) is 0 Å². The van der Waals surface area contributed by atoms with Gasteiger partial charge < -0.3 is 9.47 Å². The number of hydrogen-bond donors (Lipinski definition) is 0. The topological polar surface area (TPSA) is 91.0 Å². The van der Waals surface area contributed by atoms with Crippen molar-refractivity contribution >= 4 is 23.6 Å². The Hall–Kier alpha value is -4.26. The van der Waals surface area contributed by atoms with Gasteiger partial charge >= 0.3 is 5.97 Å². The highest BCUT2D eigenvalue weighted by atomic mass is 16.6. The number of hydrogen-bond acceptors (Lipinski definition) is 6. The van der Waals surface area contributed by atoms with E-state index in [-0.39, 0.29) is 23.9 Å². The lowest BCUT2D eigenvalue weighted by Gasteiger charge is -2.09. The minimum Gasteiger partial charge on any atom is -0.488 e. The van der Waals surface area contributed by atoms with Crippen LogP contribution >= 0.6 is 0 Å². The zero-order chi connectivity index (χ0) is 20.9. The van der Waals surface area contributed by atoms with Gasteiger partial charge in [0.05, 0.1) is 4.92 Å². The molecule has 0 radical (unpaired) electrons. The fourth-order valence-electron chi connectivity index (χ4n) is 2.87. The lowest BCUT2D eigenvalue weighted by atomic mass is 10.1. The molecule has 30 heavy (non-hydrogen) atoms. The summed E-state index contributed by atoms with van der Waals surface area (Å²) in [6.07, 6.45) is 1.61. The van der Waals surface area contributed by atoms with Gasteiger partial charge in [-0.2, -0.15) is 0 Å². The van der Waals surface area contributed by atoms with Crippen LogP contribution in [0, 0.1) is 10.1 Å². The van der Waals surface area contributed by atoms with Gasteiger partial charge in [-0.15, -0.1) is 0 Å². The third kappa shape index (κ3) is 4.25. The van der Waals surface area contributed by atoms with Crippen LogP contribution in [0.5, 0.6) is 5.75 Å². The van der Waals surface area contributed by atoms with Crippen molar-refractivity contribution in [2.24, 2.45) is 4.99 Å². The molecule has 3 aromatic rings. The molecule has 1 aliphatic heterocycles. The Kier molecular flexibility index (Phi) is 5.34. The molecule has 0 bridgehead atoms. The normalized spacial score (nSPS) is 14.3. The number of rotatable bonds is 6. The summed E-state index contributed by atoms with van der Waals surface area (Å²) in [6, 6.07) is 22.6. The predicted molar refractivity (Wildman–Crippen MR) is 111 cm³/mol. The third-order valence-corrected chi connectivity index (χ3v) is 4.39. The van der Waals surface area contributed by atoms with E-state index in [9.17, 15) is 14.9 Å². The molecule has 0 atom stereocenters. The van der Waals surface area contributed by atoms with Crippen LogP contribution in [-0.4, -0.2) is 16.8 Å². The van der Waals surface area contributed by atoms with Crippen molar-refractivity contribution in [3.63, 3.8) is 0 Å². The van der Waals surface area contributed by atoms with Gasteiger partial charge in [-0.05, 0) is 42.0 Å². The molecule has 0 aliphatic carbocycles. The Labute approximate surface area is 172 Å². The van der Waals surface area contributed by atoms with Gasteiger partial charge in [-0.1, -0.05) is 36.4 Å². The first-order valence-electron chi connectivity index (χ1n) is 9.13. The SMILES string of the molecule is O=C1OC(c2ccccc2)=N/C1=C\c1ccccc1OCc1ccc([N+](=O)[O-])cc1. The number of ether oxygens (including phenoxy) is 2. The van der Waals surface area contributed by atoms with Crippen LogP contribution in [0.4, 0.5) is 5.69 Å². The second-order valence-electron chi connectivity index (χ2n) is 6.45. The van der Waals surface area contributed by atoms with Gasteiger partial charge in [0.15, 0.2) is 5.70 Å². The Morgan fingerprint density at radius 2 is 1.67 bits per heavy atom. The molecule has 0 fully saturated rings. The van der Waals surface area contributed by atoms with Crippen molar-refractivity contribution in [2.75, 3.05) is 0 Å². The van der Waals surface area contributed by atoms with Crippen LogP contribution in [0.1, 0.15) is 16.7 Å². The number of aliphatic imine (C=N–C) groups is 1. The van der Waals surface area contributed by atoms with Crippen molar-refractivity contribution < 1.29 is 19.2 Å². The molecule has 0 amide bonds. The average Bonchev–Trinajstić information content (AvgIpc) is 3.14. The fraction of sp³-hybridized carbons (Fsp3) is 0.0435. The van der Waals surface area contributed by atoms with E-state index in [0.29, 0.717) is 11.3 Å². The smallest absolute Gasteiger partial charge is 0.363 e. The zero-order valence-electron chi connectivity index (χ0n) is 15.7. The number of nitro benzene ring substituents is 1. The molecule has 7 nitrogen and oxygen atoms in total. The summed E-state index contributed by atoms with van der Waals surface area (Å²) in [6.45, 7) is 0.223. The van der Waals surface area contributed by atoms with Gasteiger partial charge in [0.1, 0.15) is 12.4 Å². The van der Waals surface area contributed by atoms with E-state index in [1.807, 2.05) is 48.5 Å². The van der Waals surface area contributed by atoms with E-state index in [0.717, 1.165) is 11.1 Å². The number of non-ortho nitro benzene ring substituents is 1. The molecule has 0 unspecified atom stereocenters. The van der Waals surface area contributed by atoms with Gasteiger partial charge in [-0.3, -0.25) is 10.1 Å². The van der Waals surface area contributed by atoms with Crippen molar-refractivity contribution in [1.82, 2.24) is 0 Å². The number of carbonyl (C=O) groups excluding carboxylic acids is 1. The van der Waals surface area contributed by atoms with E-state index in [2.05, 4.69) is 4.99 Å². The van der Waals surface area contributed by atoms with Gasteiger partial charge in [-0.25, -0.2) is 9.79 Å². The lowest BCUT2D eigenvalue weighted by molar-refractivity contribution is -0.384. The molecule has 7 heteroatoms. The first kappa shape index (κ1) is 19.1. The Morgan fingerprint density at radius 3 is 2.40 bits per heavy atom. The maximum absolute atomic E-state index is 12.2. The minimum absolute atomic E-state index is 0.0238. The van der Waals surface area contributed by atoms with E-state index >= 15 is 0 Å². The molecule has 0 aromatic heterocycles. The summed E-state index contributed by atoms with van der Waals surface area (Å²) >= 11 is 0. The molecular formula is C23H16N2O5. The molecule has 0 saturated carbocycles. The molecule has 0 saturated heterocycles. The Balaban J connectivity index is 1.54. The maximum Gasteiger partial charge on any atom is 0.363 e. The van der Waals surface area contributed by atoms with E-state index < -0.39 is 10.9 Å². The van der Waals surface area contributed by atoms with Crippen LogP contribution in [0.15, 0.2) is 89.6 Å². The van der Waals surface area contributed by atoms with Crippen molar-refractivity contribution in [1.29, 1.82) is 0 Å². The Bertz CT molecular complexity index is 1150. The monoisotopic (exact) mass is 400 g/mol. The van der Waals surface area contributed by atoms with Gasteiger partial charge in [0.2, 0.25) is 5.90 Å². The largest absolute Gasteiger partial charge is 0.488 e. The van der Waals surface area contributed by atoms with Crippen LogP contribution < -0.4 is 4.74 Å². The molecule has 4 rings (SSSR count). The highest BCUT2D eigenvalue weighted by Crippen LogP contribution is 2.25. The fourth-order valence-corrected chi connectivity index (χ4v) is 2.87. The van der Waals surface area contributed by atoms with Gasteiger partial charge in [0, 0.05) is 23.3 Å². The predicted octanol–water partition coefficient (Wildman–Crippen LogP) is 4.52. The quantitative estimate of drug-likeness (QED) is 0.263. The number of carbonyl (C=O) groups is 1. The van der Waals surface area contributed by atoms with E-state index in [4.69, 9.17) is 9.47 Å². The first-order chi connectivity index (χ1) is 14.6. The summed E-state index contributed by atoms with van der Waals surface area (Å²) in [4.78, 5) is 26.9. The zero-order valence-corrected chi connectivity index (χ0v) is 15.7. The van der Waals surface area contributed by atoms with Crippen molar-refractivity contribution in [3.8, 4) is 5.75 Å². The minimum atomic E-state index is -0.529. The molecule has 1 aliphatic rings. The number of nitro groups is 1. The summed E-state index contributed by atoms with van der Waals surface area (Å²) in [5, 5.41) is 10.8. The number of cyclic esters (lactones) is 1.